The van der Waals surface area contributed by atoms with Crippen molar-refractivity contribution in [1.82, 2.24) is 5.32 Å². The molecule has 0 radical (unpaired) electrons. The molecule has 0 heterocycles. The van der Waals surface area contributed by atoms with Gasteiger partial charge in [0.2, 0.25) is 5.91 Å². The van der Waals surface area contributed by atoms with Gasteiger partial charge in [-0.05, 0) is 11.3 Å². The molecular weight excluding hydrogens is 188 g/mol. The fourth-order valence-electron chi connectivity index (χ4n) is 0.870. The van der Waals surface area contributed by atoms with Crippen molar-refractivity contribution in [1.29, 1.82) is 0 Å². The van der Waals surface area contributed by atoms with Gasteiger partial charge < -0.3 is 11.1 Å². The number of hydrogen-bond donors (Lipinski definition) is 2. The summed E-state index contributed by atoms with van der Waals surface area (Å²) in [6.45, 7) is 9.12. The highest BCUT2D eigenvalue weighted by atomic mass is 16.2. The predicted octanol–water partition coefficient (Wildman–Crippen LogP) is 1.14. The van der Waals surface area contributed by atoms with Crippen molar-refractivity contribution in [3.8, 4) is 12.3 Å². The first-order valence-corrected chi connectivity index (χ1v) is 5.28. The first-order chi connectivity index (χ1) is 6.81. The Balaban J connectivity index is 4.07. The number of terminal acetylenes is 1. The van der Waals surface area contributed by atoms with Gasteiger partial charge in [0.25, 0.3) is 0 Å². The molecular formula is C12H22N2O. The first-order valence-electron chi connectivity index (χ1n) is 5.28. The molecule has 0 aliphatic heterocycles. The molecule has 0 aromatic rings. The predicted molar refractivity (Wildman–Crippen MR) is 63.1 cm³/mol. The molecule has 86 valence electrons. The van der Waals surface area contributed by atoms with E-state index in [0.29, 0.717) is 12.5 Å². The van der Waals surface area contributed by atoms with Crippen LogP contribution in [0, 0.1) is 23.7 Å². The lowest BCUT2D eigenvalue weighted by Gasteiger charge is -2.29. The number of amides is 1. The second-order valence-electron chi connectivity index (χ2n) is 4.88. The maximum absolute atomic E-state index is 11.5. The van der Waals surface area contributed by atoms with Gasteiger partial charge in [-0.15, -0.1) is 12.3 Å². The van der Waals surface area contributed by atoms with Crippen LogP contribution in [0.15, 0.2) is 0 Å². The largest absolute Gasteiger partial charge is 0.354 e. The minimum atomic E-state index is -0.585. The highest BCUT2D eigenvalue weighted by Gasteiger charge is 2.23. The van der Waals surface area contributed by atoms with Gasteiger partial charge in [-0.1, -0.05) is 27.7 Å². The van der Waals surface area contributed by atoms with E-state index in [-0.39, 0.29) is 17.7 Å². The number of rotatable bonds is 5. The van der Waals surface area contributed by atoms with Crippen LogP contribution in [-0.2, 0) is 4.79 Å². The van der Waals surface area contributed by atoms with Crippen molar-refractivity contribution in [3.63, 3.8) is 0 Å². The van der Waals surface area contributed by atoms with Gasteiger partial charge in [-0.2, -0.15) is 0 Å². The summed E-state index contributed by atoms with van der Waals surface area (Å²) in [7, 11) is 0. The van der Waals surface area contributed by atoms with Crippen molar-refractivity contribution < 1.29 is 4.79 Å². The lowest BCUT2D eigenvalue weighted by Crippen LogP contribution is -2.45. The second kappa shape index (κ2) is 5.77. The van der Waals surface area contributed by atoms with E-state index in [1.165, 1.54) is 0 Å². The van der Waals surface area contributed by atoms with Crippen molar-refractivity contribution in [2.45, 2.75) is 40.2 Å². The van der Waals surface area contributed by atoms with Gasteiger partial charge in [0.1, 0.15) is 0 Å². The summed E-state index contributed by atoms with van der Waals surface area (Å²) in [4.78, 5) is 11.5. The van der Waals surface area contributed by atoms with Gasteiger partial charge in [0.05, 0.1) is 6.04 Å². The summed E-state index contributed by atoms with van der Waals surface area (Å²) >= 11 is 0. The van der Waals surface area contributed by atoms with Crippen LogP contribution in [0.5, 0.6) is 0 Å². The Labute approximate surface area is 92.8 Å². The van der Waals surface area contributed by atoms with Crippen LogP contribution >= 0.6 is 0 Å². The van der Waals surface area contributed by atoms with Gasteiger partial charge in [0.15, 0.2) is 0 Å². The highest BCUT2D eigenvalue weighted by Crippen LogP contribution is 2.24. The normalized spacial score (nSPS) is 13.4. The van der Waals surface area contributed by atoms with Crippen LogP contribution in [0.1, 0.15) is 34.1 Å². The molecule has 0 aliphatic rings. The number of hydrogen-bond acceptors (Lipinski definition) is 2. The molecule has 3 nitrogen and oxygen atoms in total. The Morgan fingerprint density at radius 2 is 2.07 bits per heavy atom. The number of carbonyl (C=O) groups excluding carboxylic acids is 1. The van der Waals surface area contributed by atoms with Crippen LogP contribution < -0.4 is 11.1 Å². The molecule has 0 bridgehead atoms. The van der Waals surface area contributed by atoms with Gasteiger partial charge >= 0.3 is 0 Å². The molecule has 0 saturated carbocycles. The van der Waals surface area contributed by atoms with E-state index >= 15 is 0 Å². The fourth-order valence-corrected chi connectivity index (χ4v) is 0.870. The molecule has 1 unspecified atom stereocenters. The summed E-state index contributed by atoms with van der Waals surface area (Å²) in [5, 5.41) is 2.83. The number of carbonyl (C=O) groups is 1. The zero-order valence-electron chi connectivity index (χ0n) is 10.1. The third-order valence-corrected chi connectivity index (χ3v) is 2.96. The molecule has 15 heavy (non-hydrogen) atoms. The second-order valence-corrected chi connectivity index (χ2v) is 4.88. The molecule has 3 heteroatoms. The zero-order chi connectivity index (χ0) is 12.1. The Morgan fingerprint density at radius 1 is 1.53 bits per heavy atom. The van der Waals surface area contributed by atoms with Gasteiger partial charge in [-0.25, -0.2) is 0 Å². The van der Waals surface area contributed by atoms with Gasteiger partial charge in [0, 0.05) is 13.0 Å². The molecule has 1 amide bonds. The average molecular weight is 210 g/mol. The monoisotopic (exact) mass is 210 g/mol. The summed E-state index contributed by atoms with van der Waals surface area (Å²) in [5.41, 5.74) is 5.65. The maximum atomic E-state index is 11.5. The molecule has 0 aliphatic carbocycles. The third kappa shape index (κ3) is 4.85. The fraction of sp³-hybridized carbons (Fsp3) is 0.750. The van der Waals surface area contributed by atoms with Crippen molar-refractivity contribution in [3.05, 3.63) is 0 Å². The maximum Gasteiger partial charge on any atom is 0.237 e. The first kappa shape index (κ1) is 14.0. The van der Waals surface area contributed by atoms with E-state index in [1.54, 1.807) is 0 Å². The van der Waals surface area contributed by atoms with E-state index in [4.69, 9.17) is 12.2 Å². The van der Waals surface area contributed by atoms with E-state index < -0.39 is 6.04 Å². The van der Waals surface area contributed by atoms with Crippen LogP contribution in [0.4, 0.5) is 0 Å². The molecule has 0 fully saturated rings. The molecule has 0 saturated heterocycles. The Morgan fingerprint density at radius 3 is 2.47 bits per heavy atom. The average Bonchev–Trinajstić information content (AvgIpc) is 2.14. The smallest absolute Gasteiger partial charge is 0.237 e. The van der Waals surface area contributed by atoms with Crippen LogP contribution in [0.2, 0.25) is 0 Å². The SMILES string of the molecule is C#CCC(N)C(=O)NCC(C)(C)C(C)C. The standard InChI is InChI=1S/C12H22N2O/c1-6-7-10(13)11(15)14-8-12(4,5)9(2)3/h1,9-10H,7-8,13H2,2-5H3,(H,14,15). The lowest BCUT2D eigenvalue weighted by molar-refractivity contribution is -0.122. The van der Waals surface area contributed by atoms with E-state index in [0.717, 1.165) is 0 Å². The lowest BCUT2D eigenvalue weighted by atomic mass is 9.81. The summed E-state index contributed by atoms with van der Waals surface area (Å²) < 4.78 is 0. The van der Waals surface area contributed by atoms with E-state index in [9.17, 15) is 4.79 Å². The highest BCUT2D eigenvalue weighted by molar-refractivity contribution is 5.81. The molecule has 0 rings (SSSR count). The third-order valence-electron chi connectivity index (χ3n) is 2.96. The van der Waals surface area contributed by atoms with Crippen molar-refractivity contribution in [2.75, 3.05) is 6.54 Å². The molecule has 0 aromatic carbocycles. The number of nitrogens with one attached hydrogen (secondary N) is 1. The Kier molecular flexibility index (Phi) is 5.38. The molecule has 0 spiro atoms. The summed E-state index contributed by atoms with van der Waals surface area (Å²) in [6.07, 6.45) is 5.37. The topological polar surface area (TPSA) is 55.1 Å². The summed E-state index contributed by atoms with van der Waals surface area (Å²) in [6, 6.07) is -0.585. The number of nitrogens with two attached hydrogens (primary N) is 1. The minimum Gasteiger partial charge on any atom is -0.354 e. The van der Waals surface area contributed by atoms with Crippen molar-refractivity contribution >= 4 is 5.91 Å². The molecule has 0 aromatic heterocycles. The van der Waals surface area contributed by atoms with E-state index in [2.05, 4.69) is 38.9 Å². The molecule has 3 N–H and O–H groups in total. The van der Waals surface area contributed by atoms with E-state index in [1.807, 2.05) is 0 Å². The minimum absolute atomic E-state index is 0.0749. The van der Waals surface area contributed by atoms with Gasteiger partial charge in [-0.3, -0.25) is 4.79 Å². The Bertz CT molecular complexity index is 251. The molecule has 1 atom stereocenters. The van der Waals surface area contributed by atoms with Crippen LogP contribution in [0.25, 0.3) is 0 Å². The van der Waals surface area contributed by atoms with Crippen molar-refractivity contribution in [2.24, 2.45) is 17.1 Å². The van der Waals surface area contributed by atoms with Crippen LogP contribution in [-0.4, -0.2) is 18.5 Å². The summed E-state index contributed by atoms with van der Waals surface area (Å²) in [5.74, 6) is 2.72. The van der Waals surface area contributed by atoms with Crippen LogP contribution in [0.3, 0.4) is 0 Å². The zero-order valence-corrected chi connectivity index (χ0v) is 10.1. The Hall–Kier alpha value is -1.01. The quantitative estimate of drug-likeness (QED) is 0.668.